The van der Waals surface area contributed by atoms with Crippen LogP contribution in [0.4, 0.5) is 0 Å². The van der Waals surface area contributed by atoms with E-state index in [1.807, 2.05) is 0 Å². The number of likely N-dealkylation sites (N-methyl/N-ethyl adjacent to an activating group) is 1. The molecule has 2 amide bonds. The molecule has 132 valence electrons. The molecule has 2 aliphatic rings. The van der Waals surface area contributed by atoms with Gasteiger partial charge in [-0.25, -0.2) is 0 Å². The van der Waals surface area contributed by atoms with Crippen molar-refractivity contribution in [1.29, 1.82) is 0 Å². The summed E-state index contributed by atoms with van der Waals surface area (Å²) in [6, 6.07) is 0.228. The van der Waals surface area contributed by atoms with Gasteiger partial charge in [0, 0.05) is 31.5 Å². The molecule has 2 saturated carbocycles. The molecule has 0 heterocycles. The Kier molecular flexibility index (Phi) is 6.06. The molecule has 2 N–H and O–H groups in total. The second kappa shape index (κ2) is 7.65. The predicted molar refractivity (Wildman–Crippen MR) is 89.8 cm³/mol. The largest absolute Gasteiger partial charge is 0.389 e. The van der Waals surface area contributed by atoms with Crippen molar-refractivity contribution in [2.75, 3.05) is 13.6 Å². The molecule has 0 atom stereocenters. The Hall–Kier alpha value is -1.10. The molecule has 2 fully saturated rings. The first-order valence-electron chi connectivity index (χ1n) is 9.04. The van der Waals surface area contributed by atoms with E-state index in [4.69, 9.17) is 0 Å². The van der Waals surface area contributed by atoms with Gasteiger partial charge in [-0.15, -0.1) is 0 Å². The van der Waals surface area contributed by atoms with E-state index in [-0.39, 0.29) is 29.7 Å². The molecule has 5 nitrogen and oxygen atoms in total. The third-order valence-corrected chi connectivity index (χ3v) is 5.15. The Morgan fingerprint density at radius 1 is 1.04 bits per heavy atom. The molecule has 0 aromatic rings. The van der Waals surface area contributed by atoms with E-state index in [0.717, 1.165) is 38.5 Å². The van der Waals surface area contributed by atoms with Crippen molar-refractivity contribution in [3.63, 3.8) is 0 Å². The van der Waals surface area contributed by atoms with Crippen molar-refractivity contribution in [3.8, 4) is 0 Å². The van der Waals surface area contributed by atoms with Gasteiger partial charge in [0.1, 0.15) is 0 Å². The molecule has 0 aromatic heterocycles. The van der Waals surface area contributed by atoms with Crippen LogP contribution >= 0.6 is 0 Å². The van der Waals surface area contributed by atoms with Crippen LogP contribution in [0.2, 0.25) is 0 Å². The maximum absolute atomic E-state index is 12.4. The maximum Gasteiger partial charge on any atom is 0.225 e. The topological polar surface area (TPSA) is 69.6 Å². The fraction of sp³-hybridized carbons (Fsp3) is 0.889. The van der Waals surface area contributed by atoms with E-state index >= 15 is 0 Å². The highest BCUT2D eigenvalue weighted by atomic mass is 16.3. The molecule has 0 saturated heterocycles. The van der Waals surface area contributed by atoms with Gasteiger partial charge >= 0.3 is 0 Å². The number of nitrogens with one attached hydrogen (secondary N) is 1. The minimum atomic E-state index is -0.864. The number of carbonyl (C=O) groups excluding carboxylic acids is 2. The van der Waals surface area contributed by atoms with Crippen molar-refractivity contribution in [2.45, 2.75) is 76.9 Å². The molecule has 5 heteroatoms. The van der Waals surface area contributed by atoms with Crippen LogP contribution in [0.1, 0.15) is 65.2 Å². The fourth-order valence-electron chi connectivity index (χ4n) is 3.96. The molecule has 2 rings (SSSR count). The number of carbonyl (C=O) groups is 2. The van der Waals surface area contributed by atoms with Crippen molar-refractivity contribution in [2.24, 2.45) is 11.8 Å². The van der Waals surface area contributed by atoms with Gasteiger partial charge in [-0.3, -0.25) is 9.59 Å². The minimum absolute atomic E-state index is 0.0296. The summed E-state index contributed by atoms with van der Waals surface area (Å²) in [5.41, 5.74) is -0.864. The second-order valence-corrected chi connectivity index (χ2v) is 8.05. The number of rotatable bonds is 5. The molecule has 23 heavy (non-hydrogen) atoms. The monoisotopic (exact) mass is 324 g/mol. The average Bonchev–Trinajstić information content (AvgIpc) is 3.00. The lowest BCUT2D eigenvalue weighted by Gasteiger charge is -2.33. The van der Waals surface area contributed by atoms with Gasteiger partial charge < -0.3 is 15.3 Å². The van der Waals surface area contributed by atoms with E-state index in [9.17, 15) is 14.7 Å². The third-order valence-electron chi connectivity index (χ3n) is 5.15. The average molecular weight is 324 g/mol. The lowest BCUT2D eigenvalue weighted by Crippen LogP contribution is -2.45. The number of hydrogen-bond donors (Lipinski definition) is 2. The first kappa shape index (κ1) is 18.2. The minimum Gasteiger partial charge on any atom is -0.389 e. The Bertz CT molecular complexity index is 416. The Morgan fingerprint density at radius 2 is 1.61 bits per heavy atom. The van der Waals surface area contributed by atoms with Crippen molar-refractivity contribution < 1.29 is 14.7 Å². The molecule has 0 bridgehead atoms. The van der Waals surface area contributed by atoms with Crippen molar-refractivity contribution in [1.82, 2.24) is 10.2 Å². The lowest BCUT2D eigenvalue weighted by atomic mass is 9.84. The summed E-state index contributed by atoms with van der Waals surface area (Å²) in [7, 11) is 1.76. The molecule has 0 unspecified atom stereocenters. The van der Waals surface area contributed by atoms with E-state index in [1.165, 1.54) is 12.8 Å². The first-order valence-corrected chi connectivity index (χ1v) is 9.04. The number of nitrogens with zero attached hydrogens (tertiary/aromatic N) is 1. The van der Waals surface area contributed by atoms with Crippen LogP contribution in [-0.2, 0) is 9.59 Å². The highest BCUT2D eigenvalue weighted by Gasteiger charge is 2.31. The summed E-state index contributed by atoms with van der Waals surface area (Å²) < 4.78 is 0. The highest BCUT2D eigenvalue weighted by Crippen LogP contribution is 2.28. The van der Waals surface area contributed by atoms with E-state index in [1.54, 1.807) is 25.8 Å². The van der Waals surface area contributed by atoms with Crippen LogP contribution in [0.25, 0.3) is 0 Å². The molecular weight excluding hydrogens is 292 g/mol. The van der Waals surface area contributed by atoms with Crippen LogP contribution in [-0.4, -0.2) is 47.1 Å². The highest BCUT2D eigenvalue weighted by molar-refractivity contribution is 5.80. The molecule has 0 aromatic carbocycles. The summed E-state index contributed by atoms with van der Waals surface area (Å²) in [5.74, 6) is 0.582. The predicted octanol–water partition coefficient (Wildman–Crippen LogP) is 2.08. The first-order chi connectivity index (χ1) is 10.8. The van der Waals surface area contributed by atoms with E-state index in [0.29, 0.717) is 6.54 Å². The van der Waals surface area contributed by atoms with Crippen LogP contribution in [0, 0.1) is 11.8 Å². The van der Waals surface area contributed by atoms with Gasteiger partial charge in [-0.1, -0.05) is 12.8 Å². The van der Waals surface area contributed by atoms with Gasteiger partial charge in [0.15, 0.2) is 0 Å². The quantitative estimate of drug-likeness (QED) is 0.813. The summed E-state index contributed by atoms with van der Waals surface area (Å²) >= 11 is 0. The van der Waals surface area contributed by atoms with Crippen molar-refractivity contribution >= 4 is 11.8 Å². The Morgan fingerprint density at radius 3 is 2.13 bits per heavy atom. The zero-order valence-electron chi connectivity index (χ0n) is 14.8. The summed E-state index contributed by atoms with van der Waals surface area (Å²) in [6.45, 7) is 3.78. The SMILES string of the molecule is CN(CC(C)(C)O)C(=O)C1CCC(NC(=O)C2CCCC2)CC1. The zero-order valence-corrected chi connectivity index (χ0v) is 14.8. The van der Waals surface area contributed by atoms with Gasteiger partial charge in [0.25, 0.3) is 0 Å². The smallest absolute Gasteiger partial charge is 0.225 e. The number of aliphatic hydroxyl groups is 1. The number of amides is 2. The van der Waals surface area contributed by atoms with Crippen LogP contribution in [0.3, 0.4) is 0 Å². The van der Waals surface area contributed by atoms with Gasteiger partial charge in [-0.2, -0.15) is 0 Å². The Balaban J connectivity index is 1.74. The summed E-state index contributed by atoms with van der Waals surface area (Å²) in [6.07, 6.45) is 7.81. The van der Waals surface area contributed by atoms with Gasteiger partial charge in [0.05, 0.1) is 5.60 Å². The van der Waals surface area contributed by atoms with Crippen molar-refractivity contribution in [3.05, 3.63) is 0 Å². The van der Waals surface area contributed by atoms with Gasteiger partial charge in [-0.05, 0) is 52.4 Å². The van der Waals surface area contributed by atoms with E-state index in [2.05, 4.69) is 5.32 Å². The molecule has 0 spiro atoms. The van der Waals surface area contributed by atoms with Crippen LogP contribution in [0.5, 0.6) is 0 Å². The zero-order chi connectivity index (χ0) is 17.0. The van der Waals surface area contributed by atoms with Crippen LogP contribution in [0.15, 0.2) is 0 Å². The summed E-state index contributed by atoms with van der Waals surface area (Å²) in [4.78, 5) is 26.3. The lowest BCUT2D eigenvalue weighted by molar-refractivity contribution is -0.138. The normalized spacial score (nSPS) is 26.1. The standard InChI is InChI=1S/C18H32N2O3/c1-18(2,23)12-20(3)17(22)14-8-10-15(11-9-14)19-16(21)13-6-4-5-7-13/h13-15,23H,4-12H2,1-3H3,(H,19,21). The molecule has 0 radical (unpaired) electrons. The molecule has 0 aliphatic heterocycles. The van der Waals surface area contributed by atoms with Crippen LogP contribution < -0.4 is 5.32 Å². The fourth-order valence-corrected chi connectivity index (χ4v) is 3.96. The van der Waals surface area contributed by atoms with Gasteiger partial charge in [0.2, 0.25) is 11.8 Å². The second-order valence-electron chi connectivity index (χ2n) is 8.05. The molecule has 2 aliphatic carbocycles. The third kappa shape index (κ3) is 5.48. The maximum atomic E-state index is 12.4. The summed E-state index contributed by atoms with van der Waals surface area (Å²) in [5, 5.41) is 13.0. The number of hydrogen-bond acceptors (Lipinski definition) is 3. The molecular formula is C18H32N2O3. The Labute approximate surface area is 139 Å². The van der Waals surface area contributed by atoms with E-state index < -0.39 is 5.60 Å².